The first kappa shape index (κ1) is 17.6. The molecule has 0 atom stereocenters. The average molecular weight is 447 g/mol. The number of carbonyl (C=O) groups is 1. The molecule has 0 aliphatic carbocycles. The molecule has 128 valence electrons. The number of nitrogens with zero attached hydrogens (tertiary/aromatic N) is 2. The number of anilines is 1. The molecule has 1 amide bonds. The Balaban J connectivity index is 1.60. The summed E-state index contributed by atoms with van der Waals surface area (Å²) in [6.07, 6.45) is 0.705. The smallest absolute Gasteiger partial charge is 0.227 e. The molecule has 0 aliphatic rings. The standard InChI is InChI=1S/C19H18IN3O2/c1-12-4-3-5-13(2)18(12)21-16(24)10-11-17-22-19(23-25-17)14-6-8-15(20)9-7-14/h3-9H,10-11H2,1-2H3,(H,21,24). The van der Waals surface area contributed by atoms with E-state index >= 15 is 0 Å². The summed E-state index contributed by atoms with van der Waals surface area (Å²) >= 11 is 2.25. The maximum atomic E-state index is 12.2. The van der Waals surface area contributed by atoms with E-state index in [2.05, 4.69) is 38.0 Å². The number of rotatable bonds is 5. The molecule has 0 saturated heterocycles. The van der Waals surface area contributed by atoms with E-state index in [9.17, 15) is 4.79 Å². The van der Waals surface area contributed by atoms with Gasteiger partial charge in [0.1, 0.15) is 0 Å². The topological polar surface area (TPSA) is 68.0 Å². The quantitative estimate of drug-likeness (QED) is 0.584. The van der Waals surface area contributed by atoms with Crippen molar-refractivity contribution in [2.45, 2.75) is 26.7 Å². The van der Waals surface area contributed by atoms with Gasteiger partial charge in [0.2, 0.25) is 17.6 Å². The number of para-hydroxylation sites is 1. The van der Waals surface area contributed by atoms with Crippen LogP contribution in [0.4, 0.5) is 5.69 Å². The van der Waals surface area contributed by atoms with Crippen LogP contribution >= 0.6 is 22.6 Å². The van der Waals surface area contributed by atoms with E-state index in [-0.39, 0.29) is 5.91 Å². The summed E-state index contributed by atoms with van der Waals surface area (Å²) in [5, 5.41) is 6.95. The number of benzene rings is 2. The van der Waals surface area contributed by atoms with Gasteiger partial charge in [0.25, 0.3) is 0 Å². The number of hydrogen-bond donors (Lipinski definition) is 1. The lowest BCUT2D eigenvalue weighted by molar-refractivity contribution is -0.116. The largest absolute Gasteiger partial charge is 0.339 e. The van der Waals surface area contributed by atoms with Gasteiger partial charge in [-0.2, -0.15) is 4.98 Å². The Labute approximate surface area is 160 Å². The molecule has 0 spiro atoms. The van der Waals surface area contributed by atoms with Gasteiger partial charge < -0.3 is 9.84 Å². The van der Waals surface area contributed by atoms with E-state index in [1.807, 2.05) is 56.3 Å². The Morgan fingerprint density at radius 2 is 1.80 bits per heavy atom. The molecule has 3 aromatic rings. The van der Waals surface area contributed by atoms with Crippen LogP contribution < -0.4 is 5.32 Å². The minimum Gasteiger partial charge on any atom is -0.339 e. The molecule has 1 heterocycles. The van der Waals surface area contributed by atoms with Crippen molar-refractivity contribution in [1.29, 1.82) is 0 Å². The summed E-state index contributed by atoms with van der Waals surface area (Å²) in [4.78, 5) is 16.6. The Morgan fingerprint density at radius 3 is 2.48 bits per heavy atom. The fourth-order valence-electron chi connectivity index (χ4n) is 2.51. The molecule has 6 heteroatoms. The molecule has 5 nitrogen and oxygen atoms in total. The molecule has 3 rings (SSSR count). The number of nitrogens with one attached hydrogen (secondary N) is 1. The molecule has 0 unspecified atom stereocenters. The molecular weight excluding hydrogens is 429 g/mol. The highest BCUT2D eigenvalue weighted by molar-refractivity contribution is 14.1. The molecular formula is C19H18IN3O2. The molecule has 2 aromatic carbocycles. The summed E-state index contributed by atoms with van der Waals surface area (Å²) in [5.74, 6) is 0.943. The van der Waals surface area contributed by atoms with Crippen molar-refractivity contribution >= 4 is 34.2 Å². The van der Waals surface area contributed by atoms with Crippen molar-refractivity contribution in [3.63, 3.8) is 0 Å². The summed E-state index contributed by atoms with van der Waals surface area (Å²) in [6, 6.07) is 13.8. The minimum absolute atomic E-state index is 0.0635. The van der Waals surface area contributed by atoms with Crippen molar-refractivity contribution in [1.82, 2.24) is 10.1 Å². The second kappa shape index (κ2) is 7.77. The lowest BCUT2D eigenvalue weighted by atomic mass is 10.1. The van der Waals surface area contributed by atoms with Gasteiger partial charge >= 0.3 is 0 Å². The molecule has 25 heavy (non-hydrogen) atoms. The van der Waals surface area contributed by atoms with E-state index in [0.29, 0.717) is 24.6 Å². The van der Waals surface area contributed by atoms with Crippen LogP contribution in [0.3, 0.4) is 0 Å². The Kier molecular flexibility index (Phi) is 5.47. The highest BCUT2D eigenvalue weighted by Gasteiger charge is 2.12. The third-order valence-electron chi connectivity index (χ3n) is 3.88. The highest BCUT2D eigenvalue weighted by atomic mass is 127. The SMILES string of the molecule is Cc1cccc(C)c1NC(=O)CCc1nc(-c2ccc(I)cc2)no1. The van der Waals surface area contributed by atoms with Gasteiger partial charge in [0, 0.05) is 27.7 Å². The lowest BCUT2D eigenvalue weighted by Gasteiger charge is -2.10. The first-order valence-electron chi connectivity index (χ1n) is 7.97. The van der Waals surface area contributed by atoms with E-state index < -0.39 is 0 Å². The van der Waals surface area contributed by atoms with Crippen LogP contribution in [-0.4, -0.2) is 16.0 Å². The molecule has 0 aliphatic heterocycles. The number of carbonyl (C=O) groups excluding carboxylic acids is 1. The van der Waals surface area contributed by atoms with Crippen molar-refractivity contribution in [3.8, 4) is 11.4 Å². The molecule has 0 saturated carbocycles. The number of aryl methyl sites for hydroxylation is 3. The summed E-state index contributed by atoms with van der Waals surface area (Å²) in [5.41, 5.74) is 3.87. The van der Waals surface area contributed by atoms with Gasteiger partial charge in [-0.05, 0) is 59.7 Å². The van der Waals surface area contributed by atoms with E-state index in [1.165, 1.54) is 0 Å². The number of hydrogen-bond acceptors (Lipinski definition) is 4. The number of aromatic nitrogens is 2. The zero-order chi connectivity index (χ0) is 17.8. The maximum absolute atomic E-state index is 12.2. The summed E-state index contributed by atoms with van der Waals surface area (Å²) < 4.78 is 6.40. The van der Waals surface area contributed by atoms with Crippen LogP contribution in [0.1, 0.15) is 23.4 Å². The monoisotopic (exact) mass is 447 g/mol. The molecule has 0 fully saturated rings. The van der Waals surface area contributed by atoms with E-state index in [1.54, 1.807) is 0 Å². The molecule has 1 N–H and O–H groups in total. The van der Waals surface area contributed by atoms with Crippen LogP contribution in [-0.2, 0) is 11.2 Å². The van der Waals surface area contributed by atoms with Gasteiger partial charge in [-0.15, -0.1) is 0 Å². The van der Waals surface area contributed by atoms with Crippen LogP contribution in [0.25, 0.3) is 11.4 Å². The first-order valence-corrected chi connectivity index (χ1v) is 9.05. The van der Waals surface area contributed by atoms with E-state index in [4.69, 9.17) is 4.52 Å². The van der Waals surface area contributed by atoms with Gasteiger partial charge in [-0.25, -0.2) is 0 Å². The summed E-state index contributed by atoms with van der Waals surface area (Å²) in [7, 11) is 0. The van der Waals surface area contributed by atoms with Gasteiger partial charge in [0.05, 0.1) is 0 Å². The zero-order valence-corrected chi connectivity index (χ0v) is 16.2. The Morgan fingerprint density at radius 1 is 1.12 bits per heavy atom. The third kappa shape index (κ3) is 4.45. The van der Waals surface area contributed by atoms with Gasteiger partial charge in [-0.1, -0.05) is 35.5 Å². The van der Waals surface area contributed by atoms with Crippen molar-refractivity contribution in [2.24, 2.45) is 0 Å². The lowest BCUT2D eigenvalue weighted by Crippen LogP contribution is -2.14. The summed E-state index contributed by atoms with van der Waals surface area (Å²) in [6.45, 7) is 3.96. The molecule has 0 radical (unpaired) electrons. The minimum atomic E-state index is -0.0635. The Bertz CT molecular complexity index is 868. The van der Waals surface area contributed by atoms with Crippen LogP contribution in [0, 0.1) is 17.4 Å². The zero-order valence-electron chi connectivity index (χ0n) is 14.0. The second-order valence-corrected chi connectivity index (χ2v) is 7.08. The highest BCUT2D eigenvalue weighted by Crippen LogP contribution is 2.20. The van der Waals surface area contributed by atoms with Crippen LogP contribution in [0.15, 0.2) is 47.0 Å². The number of amides is 1. The predicted molar refractivity (Wildman–Crippen MR) is 105 cm³/mol. The van der Waals surface area contributed by atoms with Crippen molar-refractivity contribution in [3.05, 3.63) is 63.1 Å². The van der Waals surface area contributed by atoms with E-state index in [0.717, 1.165) is 25.9 Å². The number of halogens is 1. The second-order valence-electron chi connectivity index (χ2n) is 5.83. The predicted octanol–water partition coefficient (Wildman–Crippen LogP) is 4.53. The fraction of sp³-hybridized carbons (Fsp3) is 0.211. The van der Waals surface area contributed by atoms with Crippen LogP contribution in [0.5, 0.6) is 0 Å². The average Bonchev–Trinajstić information content (AvgIpc) is 3.06. The maximum Gasteiger partial charge on any atom is 0.227 e. The molecule has 0 bridgehead atoms. The van der Waals surface area contributed by atoms with Gasteiger partial charge in [0.15, 0.2) is 0 Å². The van der Waals surface area contributed by atoms with Crippen LogP contribution in [0.2, 0.25) is 0 Å². The molecule has 1 aromatic heterocycles. The third-order valence-corrected chi connectivity index (χ3v) is 4.60. The van der Waals surface area contributed by atoms with Gasteiger partial charge in [-0.3, -0.25) is 4.79 Å². The normalized spacial score (nSPS) is 10.7. The van der Waals surface area contributed by atoms with Crippen molar-refractivity contribution in [2.75, 3.05) is 5.32 Å². The Hall–Kier alpha value is -2.22. The first-order chi connectivity index (χ1) is 12.0. The fourth-order valence-corrected chi connectivity index (χ4v) is 2.87. The van der Waals surface area contributed by atoms with Crippen molar-refractivity contribution < 1.29 is 9.32 Å².